The van der Waals surface area contributed by atoms with E-state index in [1.165, 1.54) is 6.42 Å². The minimum Gasteiger partial charge on any atom is -0.382 e. The van der Waals surface area contributed by atoms with Gasteiger partial charge in [-0.1, -0.05) is 31.4 Å². The van der Waals surface area contributed by atoms with Crippen molar-refractivity contribution in [2.75, 3.05) is 5.43 Å². The van der Waals surface area contributed by atoms with Gasteiger partial charge < -0.3 is 11.1 Å². The molecule has 0 atom stereocenters. The first-order chi connectivity index (χ1) is 11.1. The monoisotopic (exact) mass is 312 g/mol. The molecule has 1 saturated carbocycles. The highest BCUT2D eigenvalue weighted by atomic mass is 16.1. The van der Waals surface area contributed by atoms with Crippen molar-refractivity contribution in [1.82, 2.24) is 5.32 Å². The minimum atomic E-state index is -0.427. The Bertz CT molecular complexity index is 655. The van der Waals surface area contributed by atoms with Crippen LogP contribution in [-0.2, 0) is 0 Å². The molecule has 1 fully saturated rings. The largest absolute Gasteiger partial charge is 0.382 e. The molecule has 0 aromatic heterocycles. The number of nitriles is 1. The van der Waals surface area contributed by atoms with Crippen molar-refractivity contribution >= 4 is 23.1 Å². The van der Waals surface area contributed by atoms with Gasteiger partial charge >= 0.3 is 0 Å². The van der Waals surface area contributed by atoms with Crippen LogP contribution < -0.4 is 16.5 Å². The van der Waals surface area contributed by atoms with Crippen molar-refractivity contribution in [3.05, 3.63) is 29.8 Å². The van der Waals surface area contributed by atoms with Crippen LogP contribution in [-0.4, -0.2) is 23.5 Å². The van der Waals surface area contributed by atoms with Crippen molar-refractivity contribution in [3.63, 3.8) is 0 Å². The van der Waals surface area contributed by atoms with E-state index in [4.69, 9.17) is 16.4 Å². The number of anilines is 1. The number of hydrogen-bond acceptors (Lipinski definition) is 5. The number of amides is 1. The molecule has 1 aliphatic rings. The van der Waals surface area contributed by atoms with E-state index in [-0.39, 0.29) is 17.7 Å². The van der Waals surface area contributed by atoms with E-state index in [2.05, 4.69) is 15.8 Å². The lowest BCUT2D eigenvalue weighted by Gasteiger charge is -2.23. The Morgan fingerprint density at radius 2 is 2.00 bits per heavy atom. The van der Waals surface area contributed by atoms with E-state index < -0.39 is 5.84 Å². The van der Waals surface area contributed by atoms with Gasteiger partial charge in [-0.25, -0.2) is 0 Å². The van der Waals surface area contributed by atoms with Gasteiger partial charge in [0.15, 0.2) is 5.84 Å². The molecule has 120 valence electrons. The highest BCUT2D eigenvalue weighted by Crippen LogP contribution is 2.20. The Balaban J connectivity index is 2.12. The molecule has 7 heteroatoms. The molecular weight excluding hydrogens is 292 g/mol. The lowest BCUT2D eigenvalue weighted by atomic mass is 9.95. The summed E-state index contributed by atoms with van der Waals surface area (Å²) in [6, 6.07) is 8.83. The van der Waals surface area contributed by atoms with Crippen molar-refractivity contribution in [3.8, 4) is 6.07 Å². The smallest absolute Gasteiger partial charge is 0.253 e. The SMILES string of the molecule is N#C/C(=N\Nc1ccccc1C(=O)NC1CCCCC1)C(=N)N. The molecule has 0 saturated heterocycles. The second kappa shape index (κ2) is 7.94. The number of rotatable bonds is 5. The molecule has 7 nitrogen and oxygen atoms in total. The molecule has 0 bridgehead atoms. The number of carbonyl (C=O) groups is 1. The van der Waals surface area contributed by atoms with Gasteiger partial charge in [-0.15, -0.1) is 0 Å². The Hall–Kier alpha value is -2.88. The number of hydrazone groups is 1. The quantitative estimate of drug-likeness (QED) is 0.376. The summed E-state index contributed by atoms with van der Waals surface area (Å²) in [5.74, 6) is -0.597. The molecule has 0 spiro atoms. The lowest BCUT2D eigenvalue weighted by molar-refractivity contribution is 0.0928. The fraction of sp³-hybridized carbons (Fsp3) is 0.375. The first kappa shape index (κ1) is 16.5. The lowest BCUT2D eigenvalue weighted by Crippen LogP contribution is -2.36. The van der Waals surface area contributed by atoms with Crippen LogP contribution in [0.4, 0.5) is 5.69 Å². The fourth-order valence-electron chi connectivity index (χ4n) is 2.55. The molecule has 23 heavy (non-hydrogen) atoms. The molecule has 1 aromatic rings. The molecule has 1 aliphatic carbocycles. The Labute approximate surface area is 135 Å². The van der Waals surface area contributed by atoms with E-state index in [1.807, 2.05) is 0 Å². The predicted molar refractivity (Wildman–Crippen MR) is 89.4 cm³/mol. The first-order valence-electron chi connectivity index (χ1n) is 7.60. The third-order valence-electron chi connectivity index (χ3n) is 3.76. The molecule has 5 N–H and O–H groups in total. The number of hydrogen-bond donors (Lipinski definition) is 4. The maximum Gasteiger partial charge on any atom is 0.253 e. The fourth-order valence-corrected chi connectivity index (χ4v) is 2.55. The summed E-state index contributed by atoms with van der Waals surface area (Å²) in [7, 11) is 0. The van der Waals surface area contributed by atoms with E-state index in [0.717, 1.165) is 25.7 Å². The minimum absolute atomic E-state index is 0.170. The van der Waals surface area contributed by atoms with Crippen LogP contribution in [0.5, 0.6) is 0 Å². The maximum atomic E-state index is 12.5. The van der Waals surface area contributed by atoms with Crippen molar-refractivity contribution in [2.24, 2.45) is 10.8 Å². The summed E-state index contributed by atoms with van der Waals surface area (Å²) in [4.78, 5) is 12.5. The number of nitrogens with two attached hydrogens (primary N) is 1. The number of benzene rings is 1. The number of amidine groups is 1. The zero-order valence-electron chi connectivity index (χ0n) is 12.8. The molecule has 1 aromatic carbocycles. The van der Waals surface area contributed by atoms with Crippen LogP contribution in [0, 0.1) is 16.7 Å². The van der Waals surface area contributed by atoms with Crippen LogP contribution >= 0.6 is 0 Å². The highest BCUT2D eigenvalue weighted by Gasteiger charge is 2.18. The summed E-state index contributed by atoms with van der Waals surface area (Å²) < 4.78 is 0. The van der Waals surface area contributed by atoms with Gasteiger partial charge in [0, 0.05) is 6.04 Å². The third kappa shape index (κ3) is 4.54. The second-order valence-electron chi connectivity index (χ2n) is 5.45. The molecule has 0 heterocycles. The van der Waals surface area contributed by atoms with E-state index in [9.17, 15) is 4.79 Å². The average Bonchev–Trinajstić information content (AvgIpc) is 2.56. The normalized spacial score (nSPS) is 15.5. The van der Waals surface area contributed by atoms with Gasteiger partial charge in [0.1, 0.15) is 6.07 Å². The van der Waals surface area contributed by atoms with Crippen molar-refractivity contribution in [1.29, 1.82) is 10.7 Å². The average molecular weight is 312 g/mol. The second-order valence-corrected chi connectivity index (χ2v) is 5.45. The van der Waals surface area contributed by atoms with Gasteiger partial charge in [0.25, 0.3) is 5.91 Å². The number of para-hydroxylation sites is 1. The van der Waals surface area contributed by atoms with Crippen LogP contribution in [0.25, 0.3) is 0 Å². The Morgan fingerprint density at radius 3 is 2.65 bits per heavy atom. The number of carbonyl (C=O) groups excluding carboxylic acids is 1. The van der Waals surface area contributed by atoms with Gasteiger partial charge in [-0.2, -0.15) is 10.4 Å². The van der Waals surface area contributed by atoms with Gasteiger partial charge in [-0.05, 0) is 25.0 Å². The Kier molecular flexibility index (Phi) is 5.69. The zero-order valence-corrected chi connectivity index (χ0v) is 12.8. The summed E-state index contributed by atoms with van der Waals surface area (Å²) in [6.07, 6.45) is 5.50. The topological polar surface area (TPSA) is 127 Å². The molecule has 2 rings (SSSR count). The van der Waals surface area contributed by atoms with Crippen LogP contribution in [0.1, 0.15) is 42.5 Å². The van der Waals surface area contributed by atoms with Gasteiger partial charge in [-0.3, -0.25) is 15.6 Å². The van der Waals surface area contributed by atoms with Crippen LogP contribution in [0.3, 0.4) is 0 Å². The summed E-state index contributed by atoms with van der Waals surface area (Å²) in [6.45, 7) is 0. The zero-order chi connectivity index (χ0) is 16.7. The summed E-state index contributed by atoms with van der Waals surface area (Å²) in [5.41, 5.74) is 8.58. The Morgan fingerprint density at radius 1 is 1.30 bits per heavy atom. The summed E-state index contributed by atoms with van der Waals surface area (Å²) in [5, 5.41) is 22.9. The number of nitrogens with zero attached hydrogens (tertiary/aromatic N) is 2. The van der Waals surface area contributed by atoms with Crippen LogP contribution in [0.2, 0.25) is 0 Å². The summed E-state index contributed by atoms with van der Waals surface area (Å²) >= 11 is 0. The predicted octanol–water partition coefficient (Wildman–Crippen LogP) is 1.98. The standard InChI is InChI=1S/C16H20N6O/c17-10-14(15(18)19)22-21-13-9-5-4-8-12(13)16(23)20-11-6-2-1-3-7-11/h4-5,8-9,11,21H,1-3,6-7H2,(H3,18,19)(H,20,23)/b22-14+. The first-order valence-corrected chi connectivity index (χ1v) is 7.60. The highest BCUT2D eigenvalue weighted by molar-refractivity contribution is 6.45. The molecule has 0 radical (unpaired) electrons. The van der Waals surface area contributed by atoms with Crippen molar-refractivity contribution < 1.29 is 4.79 Å². The van der Waals surface area contributed by atoms with Crippen LogP contribution in [0.15, 0.2) is 29.4 Å². The molecule has 0 unspecified atom stereocenters. The van der Waals surface area contributed by atoms with E-state index in [0.29, 0.717) is 11.3 Å². The number of nitrogens with one attached hydrogen (secondary N) is 3. The third-order valence-corrected chi connectivity index (χ3v) is 3.76. The molecule has 0 aliphatic heterocycles. The van der Waals surface area contributed by atoms with E-state index >= 15 is 0 Å². The van der Waals surface area contributed by atoms with E-state index in [1.54, 1.807) is 30.3 Å². The van der Waals surface area contributed by atoms with Crippen molar-refractivity contribution in [2.45, 2.75) is 38.1 Å². The molecular formula is C16H20N6O. The maximum absolute atomic E-state index is 12.5. The molecule has 1 amide bonds. The van der Waals surface area contributed by atoms with Gasteiger partial charge in [0.2, 0.25) is 5.71 Å². The van der Waals surface area contributed by atoms with Gasteiger partial charge in [0.05, 0.1) is 11.3 Å².